The Morgan fingerprint density at radius 3 is 2.67 bits per heavy atom. The third-order valence-electron chi connectivity index (χ3n) is 1.17. The van der Waals surface area contributed by atoms with Gasteiger partial charge < -0.3 is 9.53 Å². The summed E-state index contributed by atoms with van der Waals surface area (Å²) in [5.74, 6) is 0. The van der Waals surface area contributed by atoms with Crippen molar-refractivity contribution < 1.29 is 9.53 Å². The SMILES string of the molecule is CO[SiH](C)CCC(O)=S. The van der Waals surface area contributed by atoms with Gasteiger partial charge in [-0.05, 0) is 24.8 Å². The average Bonchev–Trinajstić information content (AvgIpc) is 1.83. The molecule has 0 aromatic rings. The van der Waals surface area contributed by atoms with Crippen LogP contribution in [0.3, 0.4) is 0 Å². The van der Waals surface area contributed by atoms with E-state index in [2.05, 4.69) is 18.8 Å². The Morgan fingerprint density at radius 2 is 2.33 bits per heavy atom. The Labute approximate surface area is 62.6 Å². The Hall–Kier alpha value is 0.0669. The largest absolute Gasteiger partial charge is 0.502 e. The molecule has 0 radical (unpaired) electrons. The van der Waals surface area contributed by atoms with Crippen LogP contribution in [0, 0.1) is 0 Å². The maximum absolute atomic E-state index is 8.59. The van der Waals surface area contributed by atoms with E-state index in [9.17, 15) is 0 Å². The fourth-order valence-corrected chi connectivity index (χ4v) is 1.69. The van der Waals surface area contributed by atoms with Crippen molar-refractivity contribution in [1.82, 2.24) is 0 Å². The first-order valence-electron chi connectivity index (χ1n) is 2.91. The highest BCUT2D eigenvalue weighted by Crippen LogP contribution is 1.98. The second kappa shape index (κ2) is 4.90. The molecule has 0 heterocycles. The normalized spacial score (nSPS) is 13.1. The molecule has 1 unspecified atom stereocenters. The molecule has 0 spiro atoms. The van der Waals surface area contributed by atoms with Crippen LogP contribution in [0.15, 0.2) is 0 Å². The zero-order valence-corrected chi connectivity index (χ0v) is 7.73. The van der Waals surface area contributed by atoms with Gasteiger partial charge in [-0.15, -0.1) is 0 Å². The van der Waals surface area contributed by atoms with E-state index >= 15 is 0 Å². The second-order valence-electron chi connectivity index (χ2n) is 1.98. The van der Waals surface area contributed by atoms with Gasteiger partial charge in [0, 0.05) is 13.5 Å². The Balaban J connectivity index is 3.16. The van der Waals surface area contributed by atoms with Crippen LogP contribution in [0.2, 0.25) is 12.6 Å². The third kappa shape index (κ3) is 5.95. The van der Waals surface area contributed by atoms with E-state index in [1.807, 2.05) is 0 Å². The lowest BCUT2D eigenvalue weighted by atomic mass is 10.5. The molecule has 0 rings (SSSR count). The topological polar surface area (TPSA) is 29.5 Å². The van der Waals surface area contributed by atoms with Crippen LogP contribution in [0.1, 0.15) is 6.42 Å². The number of hydrogen-bond acceptors (Lipinski definition) is 2. The molecule has 0 aliphatic carbocycles. The standard InChI is InChI=1S/C5H12O2SSi/c1-7-9(2)4-3-5(6)8/h9H,3-4H2,1-2H3,(H,6,8). The molecule has 2 nitrogen and oxygen atoms in total. The van der Waals surface area contributed by atoms with E-state index < -0.39 is 9.04 Å². The molecular formula is C5H12O2SSi. The van der Waals surface area contributed by atoms with E-state index in [0.29, 0.717) is 6.42 Å². The summed E-state index contributed by atoms with van der Waals surface area (Å²) in [4.78, 5) is 0. The van der Waals surface area contributed by atoms with Gasteiger partial charge in [0.25, 0.3) is 0 Å². The molecule has 4 heteroatoms. The molecule has 9 heavy (non-hydrogen) atoms. The molecule has 0 aromatic carbocycles. The third-order valence-corrected chi connectivity index (χ3v) is 3.28. The molecular weight excluding hydrogens is 152 g/mol. The van der Waals surface area contributed by atoms with Crippen molar-refractivity contribution in [2.45, 2.75) is 19.0 Å². The molecule has 0 amide bonds. The Bertz CT molecular complexity index is 97.0. The van der Waals surface area contributed by atoms with Crippen LogP contribution in [-0.4, -0.2) is 26.3 Å². The molecule has 1 atom stereocenters. The maximum atomic E-state index is 8.59. The first-order valence-corrected chi connectivity index (χ1v) is 5.76. The summed E-state index contributed by atoms with van der Waals surface area (Å²) in [6, 6.07) is 0.936. The average molecular weight is 164 g/mol. The highest BCUT2D eigenvalue weighted by molar-refractivity contribution is 7.80. The lowest BCUT2D eigenvalue weighted by molar-refractivity contribution is 0.423. The van der Waals surface area contributed by atoms with Gasteiger partial charge in [0.2, 0.25) is 0 Å². The van der Waals surface area contributed by atoms with Gasteiger partial charge in [-0.1, -0.05) is 0 Å². The molecule has 0 bridgehead atoms. The molecule has 54 valence electrons. The quantitative estimate of drug-likeness (QED) is 0.501. The smallest absolute Gasteiger partial charge is 0.173 e. The Kier molecular flexibility index (Phi) is 4.94. The molecule has 0 fully saturated rings. The monoisotopic (exact) mass is 164 g/mol. The summed E-state index contributed by atoms with van der Waals surface area (Å²) >= 11 is 4.48. The van der Waals surface area contributed by atoms with E-state index in [0.717, 1.165) is 6.04 Å². The van der Waals surface area contributed by atoms with Crippen LogP contribution in [0.4, 0.5) is 0 Å². The Morgan fingerprint density at radius 1 is 1.78 bits per heavy atom. The van der Waals surface area contributed by atoms with Crippen molar-refractivity contribution in [3.8, 4) is 0 Å². The molecule has 0 saturated heterocycles. The second-order valence-corrected chi connectivity index (χ2v) is 5.12. The summed E-state index contributed by atoms with van der Waals surface area (Å²) in [5.41, 5.74) is 0. The van der Waals surface area contributed by atoms with Crippen molar-refractivity contribution in [3.63, 3.8) is 0 Å². The highest BCUT2D eigenvalue weighted by Gasteiger charge is 2.02. The van der Waals surface area contributed by atoms with Gasteiger partial charge in [0.1, 0.15) is 0 Å². The fourth-order valence-electron chi connectivity index (χ4n) is 0.445. The van der Waals surface area contributed by atoms with Crippen molar-refractivity contribution in [1.29, 1.82) is 0 Å². The summed E-state index contributed by atoms with van der Waals surface area (Å²) in [5, 5.41) is 8.70. The van der Waals surface area contributed by atoms with E-state index in [4.69, 9.17) is 9.53 Å². The summed E-state index contributed by atoms with van der Waals surface area (Å²) in [6.45, 7) is 2.08. The highest BCUT2D eigenvalue weighted by atomic mass is 32.1. The molecule has 1 N–H and O–H groups in total. The van der Waals surface area contributed by atoms with Crippen molar-refractivity contribution in [2.24, 2.45) is 0 Å². The van der Waals surface area contributed by atoms with Crippen LogP contribution in [-0.2, 0) is 4.43 Å². The van der Waals surface area contributed by atoms with Crippen LogP contribution in [0.5, 0.6) is 0 Å². The number of hydrogen-bond donors (Lipinski definition) is 1. The van der Waals surface area contributed by atoms with Crippen molar-refractivity contribution in [3.05, 3.63) is 0 Å². The van der Waals surface area contributed by atoms with Gasteiger partial charge in [-0.25, -0.2) is 0 Å². The van der Waals surface area contributed by atoms with Crippen LogP contribution < -0.4 is 0 Å². The first kappa shape index (κ1) is 9.07. The number of thiocarbonyl (C=S) groups is 1. The number of aliphatic hydroxyl groups excluding tert-OH is 1. The van der Waals surface area contributed by atoms with Gasteiger partial charge in [-0.2, -0.15) is 0 Å². The van der Waals surface area contributed by atoms with Crippen LogP contribution in [0.25, 0.3) is 0 Å². The minimum atomic E-state index is -0.985. The molecule has 0 saturated carbocycles. The molecule has 0 aromatic heterocycles. The molecule has 0 aliphatic rings. The predicted octanol–water partition coefficient (Wildman–Crippen LogP) is 1.26. The van der Waals surface area contributed by atoms with E-state index in [-0.39, 0.29) is 5.05 Å². The summed E-state index contributed by atoms with van der Waals surface area (Å²) < 4.78 is 5.07. The van der Waals surface area contributed by atoms with Crippen LogP contribution >= 0.6 is 12.2 Å². The lowest BCUT2D eigenvalue weighted by Gasteiger charge is -2.03. The molecule has 0 aliphatic heterocycles. The minimum absolute atomic E-state index is 0.103. The number of rotatable bonds is 4. The predicted molar refractivity (Wildman–Crippen MR) is 44.7 cm³/mol. The minimum Gasteiger partial charge on any atom is -0.502 e. The fraction of sp³-hybridized carbons (Fsp3) is 0.800. The van der Waals surface area contributed by atoms with Gasteiger partial charge >= 0.3 is 0 Å². The van der Waals surface area contributed by atoms with Crippen molar-refractivity contribution >= 4 is 26.3 Å². The summed E-state index contributed by atoms with van der Waals surface area (Å²) in [7, 11) is 0.721. The van der Waals surface area contributed by atoms with E-state index in [1.165, 1.54) is 0 Å². The lowest BCUT2D eigenvalue weighted by Crippen LogP contribution is -2.11. The van der Waals surface area contributed by atoms with E-state index in [1.54, 1.807) is 7.11 Å². The summed E-state index contributed by atoms with van der Waals surface area (Å²) in [6.07, 6.45) is 0.622. The van der Waals surface area contributed by atoms with Crippen molar-refractivity contribution in [2.75, 3.05) is 7.11 Å². The first-order chi connectivity index (χ1) is 4.16. The van der Waals surface area contributed by atoms with Gasteiger partial charge in [0.05, 0.1) is 0 Å². The zero-order chi connectivity index (χ0) is 7.28. The van der Waals surface area contributed by atoms with Gasteiger partial charge in [-0.3, -0.25) is 0 Å². The number of aliphatic hydroxyl groups is 1. The maximum Gasteiger partial charge on any atom is 0.173 e. The van der Waals surface area contributed by atoms with Gasteiger partial charge in [0.15, 0.2) is 14.1 Å². The zero-order valence-electron chi connectivity index (χ0n) is 5.76.